The molecule has 0 spiro atoms. The van der Waals surface area contributed by atoms with Crippen LogP contribution in [0.4, 0.5) is 4.39 Å². The highest BCUT2D eigenvalue weighted by molar-refractivity contribution is 6.01. The van der Waals surface area contributed by atoms with Crippen LogP contribution in [-0.2, 0) is 9.53 Å². The van der Waals surface area contributed by atoms with E-state index in [9.17, 15) is 14.3 Å². The topological polar surface area (TPSA) is 51.5 Å². The molecule has 4 nitrogen and oxygen atoms in total. The number of phenols is 1. The number of hydrogen-bond acceptors (Lipinski definition) is 3. The fourth-order valence-corrected chi connectivity index (χ4v) is 4.03. The van der Waals surface area contributed by atoms with Gasteiger partial charge in [0.05, 0.1) is 0 Å². The lowest BCUT2D eigenvalue weighted by atomic mass is 10.0. The van der Waals surface area contributed by atoms with Crippen LogP contribution in [0.2, 0.25) is 0 Å². The molecule has 0 amide bonds. The van der Waals surface area contributed by atoms with Crippen molar-refractivity contribution >= 4 is 22.9 Å². The summed E-state index contributed by atoms with van der Waals surface area (Å²) in [6.07, 6.45) is 5.76. The molecule has 2 aromatic carbocycles. The lowest BCUT2D eigenvalue weighted by Crippen LogP contribution is -2.21. The number of benzene rings is 2. The fourth-order valence-electron chi connectivity index (χ4n) is 4.03. The molecule has 29 heavy (non-hydrogen) atoms. The van der Waals surface area contributed by atoms with Crippen molar-refractivity contribution in [3.05, 3.63) is 60.1 Å². The number of rotatable bonds is 4. The summed E-state index contributed by atoms with van der Waals surface area (Å²) in [5.74, 6) is -0.284. The number of cyclic esters (lactones) is 1. The molecular formula is C24H24FNO3. The number of aromatic hydroxyl groups is 1. The second kappa shape index (κ2) is 7.74. The average molecular weight is 393 g/mol. The molecule has 1 unspecified atom stereocenters. The third kappa shape index (κ3) is 3.77. The smallest absolute Gasteiger partial charge is 0.306 e. The third-order valence-corrected chi connectivity index (χ3v) is 5.30. The van der Waals surface area contributed by atoms with Crippen molar-refractivity contribution in [2.24, 2.45) is 0 Å². The fraction of sp³-hybridized carbons (Fsp3) is 0.292. The minimum Gasteiger partial charge on any atom is -0.508 e. The highest BCUT2D eigenvalue weighted by Crippen LogP contribution is 2.39. The zero-order chi connectivity index (χ0) is 20.5. The predicted molar refractivity (Wildman–Crippen MR) is 112 cm³/mol. The molecule has 1 N–H and O–H groups in total. The molecule has 4 rings (SSSR count). The van der Waals surface area contributed by atoms with E-state index in [4.69, 9.17) is 4.74 Å². The molecule has 1 fully saturated rings. The lowest BCUT2D eigenvalue weighted by molar-refractivity contribution is -0.150. The first-order valence-corrected chi connectivity index (χ1v) is 9.94. The summed E-state index contributed by atoms with van der Waals surface area (Å²) in [7, 11) is 0. The van der Waals surface area contributed by atoms with Crippen LogP contribution in [0.3, 0.4) is 0 Å². The molecular weight excluding hydrogens is 369 g/mol. The second-order valence-corrected chi connectivity index (χ2v) is 7.71. The lowest BCUT2D eigenvalue weighted by Gasteiger charge is -2.19. The van der Waals surface area contributed by atoms with Crippen molar-refractivity contribution in [2.45, 2.75) is 45.3 Å². The van der Waals surface area contributed by atoms with Gasteiger partial charge in [0.1, 0.15) is 17.7 Å². The van der Waals surface area contributed by atoms with E-state index in [1.54, 1.807) is 24.3 Å². The Bertz CT molecular complexity index is 1080. The molecule has 150 valence electrons. The van der Waals surface area contributed by atoms with Gasteiger partial charge in [0.2, 0.25) is 0 Å². The zero-order valence-corrected chi connectivity index (χ0v) is 16.6. The van der Waals surface area contributed by atoms with E-state index in [2.05, 4.69) is 18.4 Å². The number of carbonyl (C=O) groups is 1. The van der Waals surface area contributed by atoms with Gasteiger partial charge in [0.25, 0.3) is 0 Å². The van der Waals surface area contributed by atoms with Gasteiger partial charge in [0.15, 0.2) is 0 Å². The Hall–Kier alpha value is -3.08. The van der Waals surface area contributed by atoms with Gasteiger partial charge in [-0.2, -0.15) is 0 Å². The molecule has 0 bridgehead atoms. The number of nitrogens with zero attached hydrogens (tertiary/aromatic N) is 1. The van der Waals surface area contributed by atoms with Crippen LogP contribution >= 0.6 is 0 Å². The third-order valence-electron chi connectivity index (χ3n) is 5.30. The van der Waals surface area contributed by atoms with Gasteiger partial charge in [-0.05, 0) is 74.7 Å². The van der Waals surface area contributed by atoms with E-state index in [-0.39, 0.29) is 29.7 Å². The number of esters is 1. The van der Waals surface area contributed by atoms with Gasteiger partial charge in [0, 0.05) is 34.6 Å². The summed E-state index contributed by atoms with van der Waals surface area (Å²) in [4.78, 5) is 11.6. The van der Waals surface area contributed by atoms with Crippen LogP contribution in [0.5, 0.6) is 5.75 Å². The Kier molecular flexibility index (Phi) is 5.14. The maximum Gasteiger partial charge on any atom is 0.306 e. The summed E-state index contributed by atoms with van der Waals surface area (Å²) >= 11 is 0. The van der Waals surface area contributed by atoms with Gasteiger partial charge < -0.3 is 14.4 Å². The number of halogens is 1. The quantitative estimate of drug-likeness (QED) is 0.566. The second-order valence-electron chi connectivity index (χ2n) is 7.71. The van der Waals surface area contributed by atoms with E-state index < -0.39 is 0 Å². The number of fused-ring (bicyclic) bond motifs is 1. The van der Waals surface area contributed by atoms with E-state index >= 15 is 0 Å². The monoisotopic (exact) mass is 393 g/mol. The van der Waals surface area contributed by atoms with Crippen molar-refractivity contribution in [2.75, 3.05) is 0 Å². The molecule has 0 saturated carbocycles. The summed E-state index contributed by atoms with van der Waals surface area (Å²) in [6, 6.07) is 11.8. The predicted octanol–water partition coefficient (Wildman–Crippen LogP) is 5.84. The molecule has 1 aromatic heterocycles. The molecule has 2 heterocycles. The summed E-state index contributed by atoms with van der Waals surface area (Å²) in [6.45, 7) is 4.19. The first kappa shape index (κ1) is 19.2. The van der Waals surface area contributed by atoms with Crippen molar-refractivity contribution < 1.29 is 19.0 Å². The van der Waals surface area contributed by atoms with E-state index in [1.807, 2.05) is 18.2 Å². The molecule has 1 atom stereocenters. The molecule has 3 aromatic rings. The SMILES string of the molecule is CC(C)n1c(/C=C/C2CCCC(=O)O2)c(-c2ccc(F)cc2)c2cc(O)ccc21. The molecule has 0 radical (unpaired) electrons. The first-order chi connectivity index (χ1) is 13.9. The van der Waals surface area contributed by atoms with Crippen LogP contribution in [0, 0.1) is 5.82 Å². The summed E-state index contributed by atoms with van der Waals surface area (Å²) < 4.78 is 21.2. The number of ether oxygens (including phenoxy) is 1. The van der Waals surface area contributed by atoms with Gasteiger partial charge in [-0.15, -0.1) is 0 Å². The van der Waals surface area contributed by atoms with Gasteiger partial charge >= 0.3 is 5.97 Å². The van der Waals surface area contributed by atoms with Crippen molar-refractivity contribution in [1.82, 2.24) is 4.57 Å². The normalized spacial score (nSPS) is 17.4. The Morgan fingerprint density at radius 3 is 2.66 bits per heavy atom. The number of phenolic OH excluding ortho intramolecular Hbond substituents is 1. The largest absolute Gasteiger partial charge is 0.508 e. The van der Waals surface area contributed by atoms with E-state index in [1.165, 1.54) is 12.1 Å². The molecule has 5 heteroatoms. The van der Waals surface area contributed by atoms with Crippen molar-refractivity contribution in [3.8, 4) is 16.9 Å². The average Bonchev–Trinajstić information content (AvgIpc) is 3.00. The molecule has 1 aliphatic rings. The Morgan fingerprint density at radius 2 is 1.97 bits per heavy atom. The van der Waals surface area contributed by atoms with Gasteiger partial charge in [-0.1, -0.05) is 12.1 Å². The summed E-state index contributed by atoms with van der Waals surface area (Å²) in [5.41, 5.74) is 3.70. The zero-order valence-electron chi connectivity index (χ0n) is 16.6. The van der Waals surface area contributed by atoms with E-state index in [0.717, 1.165) is 40.6 Å². The molecule has 1 saturated heterocycles. The highest BCUT2D eigenvalue weighted by Gasteiger charge is 2.21. The van der Waals surface area contributed by atoms with Crippen LogP contribution in [0.1, 0.15) is 44.8 Å². The molecule has 0 aliphatic carbocycles. The van der Waals surface area contributed by atoms with E-state index in [0.29, 0.717) is 6.42 Å². The Balaban J connectivity index is 1.92. The first-order valence-electron chi connectivity index (χ1n) is 9.94. The van der Waals surface area contributed by atoms with Crippen LogP contribution < -0.4 is 0 Å². The summed E-state index contributed by atoms with van der Waals surface area (Å²) in [5, 5.41) is 11.0. The van der Waals surface area contributed by atoms with Crippen molar-refractivity contribution in [1.29, 1.82) is 0 Å². The molecule has 1 aliphatic heterocycles. The number of aromatic nitrogens is 1. The highest BCUT2D eigenvalue weighted by atomic mass is 19.1. The number of carbonyl (C=O) groups excluding carboxylic acids is 1. The minimum atomic E-state index is -0.296. The minimum absolute atomic E-state index is 0.157. The van der Waals surface area contributed by atoms with Crippen LogP contribution in [0.15, 0.2) is 48.5 Å². The van der Waals surface area contributed by atoms with Gasteiger partial charge in [-0.25, -0.2) is 4.39 Å². The van der Waals surface area contributed by atoms with Crippen LogP contribution in [-0.4, -0.2) is 21.7 Å². The maximum atomic E-state index is 13.5. The number of hydrogen-bond donors (Lipinski definition) is 1. The standard InChI is InChI=1S/C24H24FNO3/c1-15(2)26-21-12-10-18(27)14-20(21)24(16-6-8-17(25)9-7-16)22(26)13-11-19-4-3-5-23(28)29-19/h6-15,19,27H,3-5H2,1-2H3/b13-11+. The van der Waals surface area contributed by atoms with Crippen LogP contribution in [0.25, 0.3) is 28.1 Å². The van der Waals surface area contributed by atoms with Gasteiger partial charge in [-0.3, -0.25) is 4.79 Å². The Morgan fingerprint density at radius 1 is 1.21 bits per heavy atom. The maximum absolute atomic E-state index is 13.5. The van der Waals surface area contributed by atoms with Crippen molar-refractivity contribution in [3.63, 3.8) is 0 Å². The Labute approximate surface area is 169 Å².